The molecule has 3 amide bonds. The van der Waals surface area contributed by atoms with E-state index in [4.69, 9.17) is 0 Å². The highest BCUT2D eigenvalue weighted by atomic mass is 32.1. The summed E-state index contributed by atoms with van der Waals surface area (Å²) in [6.07, 6.45) is 0. The van der Waals surface area contributed by atoms with E-state index in [0.29, 0.717) is 6.67 Å². The number of rotatable bonds is 5. The molecular formula is C21H26N4O2S. The number of hydrogen-bond acceptors (Lipinski definition) is 5. The summed E-state index contributed by atoms with van der Waals surface area (Å²) in [5, 5.41) is 4.30. The second-order valence-corrected chi connectivity index (χ2v) is 8.38. The van der Waals surface area contributed by atoms with Gasteiger partial charge in [0.05, 0.1) is 6.67 Å². The molecule has 0 aliphatic carbocycles. The highest BCUT2D eigenvalue weighted by Gasteiger charge is 2.44. The van der Waals surface area contributed by atoms with Crippen molar-refractivity contribution < 1.29 is 9.59 Å². The van der Waals surface area contributed by atoms with E-state index in [1.807, 2.05) is 31.2 Å². The van der Waals surface area contributed by atoms with Crippen molar-refractivity contribution in [2.45, 2.75) is 26.4 Å². The summed E-state index contributed by atoms with van der Waals surface area (Å²) in [5.74, 6) is -0.119. The number of carbonyl (C=O) groups excluding carboxylic acids is 2. The lowest BCUT2D eigenvalue weighted by atomic mass is 10.2. The van der Waals surface area contributed by atoms with E-state index in [2.05, 4.69) is 26.6 Å². The van der Waals surface area contributed by atoms with E-state index in [-0.39, 0.29) is 11.9 Å². The predicted molar refractivity (Wildman–Crippen MR) is 111 cm³/mol. The number of urea groups is 1. The van der Waals surface area contributed by atoms with Gasteiger partial charge in [0.2, 0.25) is 0 Å². The van der Waals surface area contributed by atoms with Crippen LogP contribution in [0.5, 0.6) is 0 Å². The molecule has 28 heavy (non-hydrogen) atoms. The zero-order valence-corrected chi connectivity index (χ0v) is 17.2. The third-order valence-corrected chi connectivity index (χ3v) is 6.28. The zero-order chi connectivity index (χ0) is 19.7. The number of imide groups is 1. The quantitative estimate of drug-likeness (QED) is 0.727. The molecule has 2 aliphatic heterocycles. The first kappa shape index (κ1) is 19.1. The standard InChI is InChI=1S/C21H26N4O2S/c1-16-3-5-19(6-4-16)25-17(2)20(26)24(21(25)27)15-23-10-8-22(9-11-23)13-18-7-12-28-14-18/h3-7,12,14,17H,8-11,13,15H2,1-2H3/t17-/m0/s1. The van der Waals surface area contributed by atoms with Crippen LogP contribution in [0.3, 0.4) is 0 Å². The van der Waals surface area contributed by atoms with Crippen molar-refractivity contribution in [2.75, 3.05) is 37.7 Å². The van der Waals surface area contributed by atoms with E-state index < -0.39 is 6.04 Å². The van der Waals surface area contributed by atoms with E-state index in [1.165, 1.54) is 10.5 Å². The van der Waals surface area contributed by atoms with Crippen molar-refractivity contribution >= 4 is 29.0 Å². The molecular weight excluding hydrogens is 372 g/mol. The first-order chi connectivity index (χ1) is 13.5. The van der Waals surface area contributed by atoms with Gasteiger partial charge in [-0.1, -0.05) is 17.7 Å². The molecule has 0 spiro atoms. The number of carbonyl (C=O) groups is 2. The zero-order valence-electron chi connectivity index (χ0n) is 16.4. The summed E-state index contributed by atoms with van der Waals surface area (Å²) >= 11 is 1.73. The molecule has 4 rings (SSSR count). The molecule has 0 saturated carbocycles. The lowest BCUT2D eigenvalue weighted by Gasteiger charge is -2.35. The van der Waals surface area contributed by atoms with Crippen LogP contribution in [-0.2, 0) is 11.3 Å². The molecule has 0 unspecified atom stereocenters. The minimum Gasteiger partial charge on any atom is -0.297 e. The molecule has 2 fully saturated rings. The molecule has 2 saturated heterocycles. The van der Waals surface area contributed by atoms with Crippen LogP contribution in [0, 0.1) is 6.92 Å². The summed E-state index contributed by atoms with van der Waals surface area (Å²) in [6.45, 7) is 8.77. The third-order valence-electron chi connectivity index (χ3n) is 5.55. The van der Waals surface area contributed by atoms with Crippen molar-refractivity contribution in [3.05, 3.63) is 52.2 Å². The Bertz CT molecular complexity index is 829. The Balaban J connectivity index is 1.36. The molecule has 148 valence electrons. The average Bonchev–Trinajstić information content (AvgIpc) is 3.27. The topological polar surface area (TPSA) is 47.1 Å². The highest BCUT2D eigenvalue weighted by Crippen LogP contribution is 2.26. The maximum absolute atomic E-state index is 13.0. The number of amides is 3. The largest absolute Gasteiger partial charge is 0.333 e. The Kier molecular flexibility index (Phi) is 5.48. The minimum atomic E-state index is -0.463. The number of nitrogens with zero attached hydrogens (tertiary/aromatic N) is 4. The molecule has 1 aromatic heterocycles. The summed E-state index contributed by atoms with van der Waals surface area (Å²) in [6, 6.07) is 9.23. The Hall–Kier alpha value is -2.22. The molecule has 7 heteroatoms. The van der Waals surface area contributed by atoms with Gasteiger partial charge in [0.15, 0.2) is 0 Å². The van der Waals surface area contributed by atoms with Gasteiger partial charge in [0, 0.05) is 38.4 Å². The molecule has 3 heterocycles. The Labute approximate surface area is 169 Å². The smallest absolute Gasteiger partial charge is 0.297 e. The van der Waals surface area contributed by atoms with Gasteiger partial charge in [-0.2, -0.15) is 11.3 Å². The van der Waals surface area contributed by atoms with Gasteiger partial charge < -0.3 is 0 Å². The van der Waals surface area contributed by atoms with E-state index >= 15 is 0 Å². The number of benzene rings is 1. The number of aryl methyl sites for hydroxylation is 1. The van der Waals surface area contributed by atoms with Crippen LogP contribution in [-0.4, -0.2) is 65.5 Å². The van der Waals surface area contributed by atoms with E-state index in [1.54, 1.807) is 23.2 Å². The van der Waals surface area contributed by atoms with Crippen molar-refractivity contribution in [2.24, 2.45) is 0 Å². The van der Waals surface area contributed by atoms with Crippen LogP contribution in [0.15, 0.2) is 41.1 Å². The van der Waals surface area contributed by atoms with Gasteiger partial charge in [-0.05, 0) is 48.4 Å². The van der Waals surface area contributed by atoms with Crippen LogP contribution in [0.2, 0.25) is 0 Å². The first-order valence-electron chi connectivity index (χ1n) is 9.70. The van der Waals surface area contributed by atoms with Gasteiger partial charge in [-0.15, -0.1) is 0 Å². The summed E-state index contributed by atoms with van der Waals surface area (Å²) in [4.78, 5) is 33.3. The van der Waals surface area contributed by atoms with Crippen LogP contribution < -0.4 is 4.90 Å². The van der Waals surface area contributed by atoms with Crippen molar-refractivity contribution in [3.63, 3.8) is 0 Å². The Morgan fingerprint density at radius 1 is 1.00 bits per heavy atom. The number of hydrogen-bond donors (Lipinski definition) is 0. The van der Waals surface area contributed by atoms with Gasteiger partial charge >= 0.3 is 6.03 Å². The molecule has 2 aromatic rings. The fraction of sp³-hybridized carbons (Fsp3) is 0.429. The van der Waals surface area contributed by atoms with Crippen molar-refractivity contribution in [3.8, 4) is 0 Å². The molecule has 0 bridgehead atoms. The second kappa shape index (κ2) is 8.03. The van der Waals surface area contributed by atoms with Crippen LogP contribution in [0.4, 0.5) is 10.5 Å². The summed E-state index contributed by atoms with van der Waals surface area (Å²) < 4.78 is 0. The lowest BCUT2D eigenvalue weighted by Crippen LogP contribution is -2.51. The lowest BCUT2D eigenvalue weighted by molar-refractivity contribution is -0.128. The van der Waals surface area contributed by atoms with Crippen LogP contribution >= 0.6 is 11.3 Å². The van der Waals surface area contributed by atoms with Gasteiger partial charge in [0.1, 0.15) is 6.04 Å². The van der Waals surface area contributed by atoms with Gasteiger partial charge in [-0.3, -0.25) is 19.5 Å². The molecule has 6 nitrogen and oxygen atoms in total. The molecule has 0 radical (unpaired) electrons. The van der Waals surface area contributed by atoms with Gasteiger partial charge in [-0.25, -0.2) is 9.69 Å². The van der Waals surface area contributed by atoms with Gasteiger partial charge in [0.25, 0.3) is 5.91 Å². The minimum absolute atomic E-state index is 0.119. The molecule has 2 aliphatic rings. The summed E-state index contributed by atoms with van der Waals surface area (Å²) in [5.41, 5.74) is 3.26. The van der Waals surface area contributed by atoms with Crippen molar-refractivity contribution in [1.82, 2.24) is 14.7 Å². The normalized spacial score (nSPS) is 21.7. The average molecular weight is 399 g/mol. The maximum Gasteiger partial charge on any atom is 0.333 e. The molecule has 1 atom stereocenters. The third kappa shape index (κ3) is 3.83. The van der Waals surface area contributed by atoms with Crippen LogP contribution in [0.25, 0.3) is 0 Å². The predicted octanol–water partition coefficient (Wildman–Crippen LogP) is 2.99. The fourth-order valence-electron chi connectivity index (χ4n) is 3.83. The Morgan fingerprint density at radius 3 is 2.32 bits per heavy atom. The number of piperazine rings is 1. The monoisotopic (exact) mass is 398 g/mol. The molecule has 0 N–H and O–H groups in total. The SMILES string of the molecule is Cc1ccc(N2C(=O)N(CN3CCN(Cc4ccsc4)CC3)C(=O)[C@@H]2C)cc1. The Morgan fingerprint density at radius 2 is 1.68 bits per heavy atom. The summed E-state index contributed by atoms with van der Waals surface area (Å²) in [7, 11) is 0. The first-order valence-corrected chi connectivity index (χ1v) is 10.6. The molecule has 1 aromatic carbocycles. The van der Waals surface area contributed by atoms with E-state index in [0.717, 1.165) is 44.0 Å². The second-order valence-electron chi connectivity index (χ2n) is 7.60. The van der Waals surface area contributed by atoms with E-state index in [9.17, 15) is 9.59 Å². The number of thiophene rings is 1. The van der Waals surface area contributed by atoms with Crippen molar-refractivity contribution in [1.29, 1.82) is 0 Å². The highest BCUT2D eigenvalue weighted by molar-refractivity contribution is 7.07. The van der Waals surface area contributed by atoms with Crippen LogP contribution in [0.1, 0.15) is 18.1 Å². The fourth-order valence-corrected chi connectivity index (χ4v) is 4.49. The number of anilines is 1. The maximum atomic E-state index is 13.0.